The summed E-state index contributed by atoms with van der Waals surface area (Å²) in [6, 6.07) is 56.3. The average molecular weight is 615 g/mol. The molecule has 1 aliphatic rings. The van der Waals surface area contributed by atoms with Crippen LogP contribution in [0.4, 0.5) is 0 Å². The highest BCUT2D eigenvalue weighted by atomic mass is 15.0. The summed E-state index contributed by atoms with van der Waals surface area (Å²) in [6.45, 7) is 6.87. The van der Waals surface area contributed by atoms with Crippen LogP contribution in [0.15, 0.2) is 152 Å². The summed E-state index contributed by atoms with van der Waals surface area (Å²) in [4.78, 5) is 0. The Hall–Kier alpha value is -5.86. The van der Waals surface area contributed by atoms with Gasteiger partial charge < -0.3 is 9.13 Å². The summed E-state index contributed by atoms with van der Waals surface area (Å²) >= 11 is 0. The Kier molecular flexibility index (Phi) is 5.58. The highest BCUT2D eigenvalue weighted by Gasteiger charge is 2.35. The van der Waals surface area contributed by atoms with Crippen LogP contribution in [0.25, 0.3) is 77.2 Å². The van der Waals surface area contributed by atoms with E-state index in [0.29, 0.717) is 0 Å². The Morgan fingerprint density at radius 3 is 1.58 bits per heavy atom. The van der Waals surface area contributed by atoms with Crippen molar-refractivity contribution in [2.45, 2.75) is 26.2 Å². The first-order valence-corrected chi connectivity index (χ1v) is 16.9. The zero-order valence-corrected chi connectivity index (χ0v) is 27.3. The standard InChI is InChI=1S/C46H34N2/c1-29-11-10-12-32(25-29)47-42-17-8-5-14-36(42)38-26-30(19-23-44(38)47)31-20-24-45-39(27-31)37-15-6-9-18-43(37)48(45)33-21-22-35-34-13-4-7-16-40(34)46(2,3)41(35)28-33/h4-28H,1-3H3. The Bertz CT molecular complexity index is 2770. The highest BCUT2D eigenvalue weighted by Crippen LogP contribution is 2.49. The molecule has 2 heteroatoms. The number of rotatable bonds is 3. The zero-order chi connectivity index (χ0) is 32.1. The van der Waals surface area contributed by atoms with Crippen molar-refractivity contribution < 1.29 is 0 Å². The van der Waals surface area contributed by atoms with Crippen molar-refractivity contribution in [3.63, 3.8) is 0 Å². The third kappa shape index (κ3) is 3.74. The molecule has 0 unspecified atom stereocenters. The van der Waals surface area contributed by atoms with Crippen LogP contribution in [-0.2, 0) is 5.41 Å². The SMILES string of the molecule is Cc1cccc(-n2c3ccccc3c3cc(-c4ccc5c(c4)c4ccccc4n5-c4ccc5c(c4)C(C)(C)c4ccccc4-5)ccc32)c1. The minimum Gasteiger partial charge on any atom is -0.309 e. The van der Waals surface area contributed by atoms with Gasteiger partial charge in [0.2, 0.25) is 0 Å². The molecule has 0 fully saturated rings. The molecular weight excluding hydrogens is 581 g/mol. The van der Waals surface area contributed by atoms with Gasteiger partial charge in [0.25, 0.3) is 0 Å². The molecule has 0 amide bonds. The molecule has 0 N–H and O–H groups in total. The summed E-state index contributed by atoms with van der Waals surface area (Å²) in [7, 11) is 0. The molecule has 0 saturated carbocycles. The van der Waals surface area contributed by atoms with Crippen molar-refractivity contribution in [2.24, 2.45) is 0 Å². The van der Waals surface area contributed by atoms with Gasteiger partial charge in [-0.1, -0.05) is 105 Å². The average Bonchev–Trinajstić information content (AvgIpc) is 3.71. The van der Waals surface area contributed by atoms with Crippen LogP contribution in [0, 0.1) is 6.92 Å². The van der Waals surface area contributed by atoms with E-state index >= 15 is 0 Å². The number of nitrogens with zero attached hydrogens (tertiary/aromatic N) is 2. The van der Waals surface area contributed by atoms with Crippen LogP contribution in [0.3, 0.4) is 0 Å². The number of hydrogen-bond donors (Lipinski definition) is 0. The maximum absolute atomic E-state index is 2.45. The summed E-state index contributed by atoms with van der Waals surface area (Å²) < 4.78 is 4.85. The van der Waals surface area contributed by atoms with Crippen LogP contribution >= 0.6 is 0 Å². The molecule has 0 atom stereocenters. The largest absolute Gasteiger partial charge is 0.309 e. The molecule has 48 heavy (non-hydrogen) atoms. The molecule has 2 aromatic heterocycles. The first-order chi connectivity index (χ1) is 23.5. The van der Waals surface area contributed by atoms with E-state index in [9.17, 15) is 0 Å². The van der Waals surface area contributed by atoms with Gasteiger partial charge in [-0.2, -0.15) is 0 Å². The number of para-hydroxylation sites is 2. The highest BCUT2D eigenvalue weighted by molar-refractivity contribution is 6.12. The lowest BCUT2D eigenvalue weighted by Crippen LogP contribution is -2.15. The van der Waals surface area contributed by atoms with Gasteiger partial charge in [-0.15, -0.1) is 0 Å². The van der Waals surface area contributed by atoms with Gasteiger partial charge >= 0.3 is 0 Å². The van der Waals surface area contributed by atoms with Gasteiger partial charge in [-0.3, -0.25) is 0 Å². The maximum atomic E-state index is 2.45. The molecule has 0 aliphatic heterocycles. The fourth-order valence-electron chi connectivity index (χ4n) is 8.46. The van der Waals surface area contributed by atoms with Crippen molar-refractivity contribution >= 4 is 43.6 Å². The van der Waals surface area contributed by atoms with E-state index in [1.807, 2.05) is 0 Å². The topological polar surface area (TPSA) is 9.86 Å². The molecule has 0 bridgehead atoms. The third-order valence-corrected chi connectivity index (χ3v) is 10.8. The Balaban J connectivity index is 1.15. The first kappa shape index (κ1) is 27.3. The Labute approximate surface area is 280 Å². The molecule has 228 valence electrons. The molecule has 2 heterocycles. The predicted molar refractivity (Wildman–Crippen MR) is 203 cm³/mol. The molecule has 10 rings (SSSR count). The minimum atomic E-state index is -0.0467. The summed E-state index contributed by atoms with van der Waals surface area (Å²) in [6.07, 6.45) is 0. The number of aryl methyl sites for hydroxylation is 1. The van der Waals surface area contributed by atoms with E-state index in [-0.39, 0.29) is 5.41 Å². The van der Waals surface area contributed by atoms with E-state index in [1.165, 1.54) is 93.9 Å². The fourth-order valence-corrected chi connectivity index (χ4v) is 8.46. The summed E-state index contributed by atoms with van der Waals surface area (Å²) in [5.74, 6) is 0. The van der Waals surface area contributed by atoms with E-state index in [2.05, 4.69) is 182 Å². The van der Waals surface area contributed by atoms with Crippen LogP contribution in [0.1, 0.15) is 30.5 Å². The molecule has 0 radical (unpaired) electrons. The minimum absolute atomic E-state index is 0.0467. The van der Waals surface area contributed by atoms with Gasteiger partial charge in [0, 0.05) is 38.3 Å². The van der Waals surface area contributed by atoms with Crippen LogP contribution < -0.4 is 0 Å². The first-order valence-electron chi connectivity index (χ1n) is 16.9. The normalized spacial score (nSPS) is 13.5. The monoisotopic (exact) mass is 614 g/mol. The molecule has 9 aromatic rings. The molecule has 2 nitrogen and oxygen atoms in total. The quantitative estimate of drug-likeness (QED) is 0.187. The lowest BCUT2D eigenvalue weighted by atomic mass is 9.82. The molecule has 7 aromatic carbocycles. The second-order valence-electron chi connectivity index (χ2n) is 13.9. The number of benzene rings is 7. The summed E-state index contributed by atoms with van der Waals surface area (Å²) in [5, 5.41) is 5.09. The third-order valence-electron chi connectivity index (χ3n) is 10.8. The van der Waals surface area contributed by atoms with Crippen molar-refractivity contribution in [3.8, 4) is 33.6 Å². The van der Waals surface area contributed by atoms with E-state index in [1.54, 1.807) is 0 Å². The van der Waals surface area contributed by atoms with Gasteiger partial charge in [0.1, 0.15) is 0 Å². The summed E-state index contributed by atoms with van der Waals surface area (Å²) in [5.41, 5.74) is 16.5. The van der Waals surface area contributed by atoms with Gasteiger partial charge in [0.15, 0.2) is 0 Å². The predicted octanol–water partition coefficient (Wildman–Crippen LogP) is 12.2. The van der Waals surface area contributed by atoms with Crippen molar-refractivity contribution in [1.82, 2.24) is 9.13 Å². The van der Waals surface area contributed by atoms with Crippen molar-refractivity contribution in [3.05, 3.63) is 168 Å². The van der Waals surface area contributed by atoms with Gasteiger partial charge in [0.05, 0.1) is 22.1 Å². The number of hydrogen-bond acceptors (Lipinski definition) is 0. The molecule has 0 saturated heterocycles. The second-order valence-corrected chi connectivity index (χ2v) is 13.9. The number of aromatic nitrogens is 2. The van der Waals surface area contributed by atoms with Crippen LogP contribution in [0.5, 0.6) is 0 Å². The van der Waals surface area contributed by atoms with Crippen molar-refractivity contribution in [1.29, 1.82) is 0 Å². The van der Waals surface area contributed by atoms with Gasteiger partial charge in [-0.25, -0.2) is 0 Å². The van der Waals surface area contributed by atoms with E-state index in [0.717, 1.165) is 0 Å². The molecule has 0 spiro atoms. The lowest BCUT2D eigenvalue weighted by molar-refractivity contribution is 0.660. The Morgan fingerprint density at radius 2 is 0.938 bits per heavy atom. The fraction of sp³-hybridized carbons (Fsp3) is 0.0870. The lowest BCUT2D eigenvalue weighted by Gasteiger charge is -2.22. The maximum Gasteiger partial charge on any atom is 0.0541 e. The van der Waals surface area contributed by atoms with Gasteiger partial charge in [-0.05, 0) is 107 Å². The van der Waals surface area contributed by atoms with E-state index < -0.39 is 0 Å². The van der Waals surface area contributed by atoms with Crippen LogP contribution in [0.2, 0.25) is 0 Å². The molecular formula is C46H34N2. The molecule has 1 aliphatic carbocycles. The van der Waals surface area contributed by atoms with Crippen LogP contribution in [-0.4, -0.2) is 9.13 Å². The Morgan fingerprint density at radius 1 is 0.396 bits per heavy atom. The zero-order valence-electron chi connectivity index (χ0n) is 27.3. The second kappa shape index (κ2) is 9.82. The van der Waals surface area contributed by atoms with E-state index in [4.69, 9.17) is 0 Å². The number of fused-ring (bicyclic) bond motifs is 9. The van der Waals surface area contributed by atoms with Crippen molar-refractivity contribution in [2.75, 3.05) is 0 Å². The smallest absolute Gasteiger partial charge is 0.0541 e.